The summed E-state index contributed by atoms with van der Waals surface area (Å²) < 4.78 is 5.13. The molecule has 0 bridgehead atoms. The standard InChI is InChI=1S/C10H16N2O3/c1-10(2,3)15-9(14)12-5-4-8(13)7(12)6-11/h7-8,13H,4-5H2,1-3H3/t7-,8+/m1/s1. The Balaban J connectivity index is 2.65. The Kier molecular flexibility index (Phi) is 3.20. The monoisotopic (exact) mass is 212 g/mol. The molecule has 1 fully saturated rings. The van der Waals surface area contributed by atoms with Crippen LogP contribution < -0.4 is 0 Å². The molecular weight excluding hydrogens is 196 g/mol. The summed E-state index contributed by atoms with van der Waals surface area (Å²) in [6, 6.07) is 1.13. The van der Waals surface area contributed by atoms with Crippen molar-refractivity contribution in [1.82, 2.24) is 4.90 Å². The first kappa shape index (κ1) is 11.8. The zero-order valence-corrected chi connectivity index (χ0v) is 9.23. The second-order valence-electron chi connectivity index (χ2n) is 4.60. The van der Waals surface area contributed by atoms with Crippen LogP contribution in [0.1, 0.15) is 27.2 Å². The van der Waals surface area contributed by atoms with E-state index in [4.69, 9.17) is 10.00 Å². The molecular formula is C10H16N2O3. The van der Waals surface area contributed by atoms with Crippen molar-refractivity contribution < 1.29 is 14.6 Å². The molecule has 0 aliphatic carbocycles. The van der Waals surface area contributed by atoms with Gasteiger partial charge in [-0.05, 0) is 27.2 Å². The lowest BCUT2D eigenvalue weighted by Gasteiger charge is -2.26. The highest BCUT2D eigenvalue weighted by molar-refractivity contribution is 5.69. The molecule has 1 rings (SSSR count). The Morgan fingerprint density at radius 1 is 1.60 bits per heavy atom. The average molecular weight is 212 g/mol. The molecule has 0 unspecified atom stereocenters. The zero-order valence-electron chi connectivity index (χ0n) is 9.23. The van der Waals surface area contributed by atoms with Gasteiger partial charge in [0.05, 0.1) is 12.2 Å². The summed E-state index contributed by atoms with van der Waals surface area (Å²) in [5.41, 5.74) is -0.579. The minimum Gasteiger partial charge on any atom is -0.444 e. The van der Waals surface area contributed by atoms with Gasteiger partial charge in [-0.15, -0.1) is 0 Å². The number of carbonyl (C=O) groups excluding carboxylic acids is 1. The normalized spacial score (nSPS) is 26.2. The molecule has 0 radical (unpaired) electrons. The van der Waals surface area contributed by atoms with E-state index in [9.17, 15) is 9.90 Å². The van der Waals surface area contributed by atoms with Gasteiger partial charge in [-0.25, -0.2) is 4.79 Å². The van der Waals surface area contributed by atoms with E-state index >= 15 is 0 Å². The highest BCUT2D eigenvalue weighted by Crippen LogP contribution is 2.20. The largest absolute Gasteiger partial charge is 0.444 e. The van der Waals surface area contributed by atoms with Gasteiger partial charge in [-0.1, -0.05) is 0 Å². The van der Waals surface area contributed by atoms with Crippen LogP contribution in [0.2, 0.25) is 0 Å². The molecule has 1 aliphatic rings. The summed E-state index contributed by atoms with van der Waals surface area (Å²) in [6.45, 7) is 5.66. The molecule has 1 aliphatic heterocycles. The smallest absolute Gasteiger partial charge is 0.411 e. The van der Waals surface area contributed by atoms with Gasteiger partial charge in [0.15, 0.2) is 0 Å². The van der Waals surface area contributed by atoms with Gasteiger partial charge in [0.1, 0.15) is 11.6 Å². The Labute approximate surface area is 89.2 Å². The third-order valence-corrected chi connectivity index (χ3v) is 2.13. The predicted molar refractivity (Wildman–Crippen MR) is 53.0 cm³/mol. The second kappa shape index (κ2) is 4.07. The van der Waals surface area contributed by atoms with Crippen molar-refractivity contribution in [2.75, 3.05) is 6.54 Å². The van der Waals surface area contributed by atoms with Crippen LogP contribution in [0, 0.1) is 11.3 Å². The summed E-state index contributed by atoms with van der Waals surface area (Å²) in [6.07, 6.45) is -0.870. The SMILES string of the molecule is CC(C)(C)OC(=O)N1CC[C@H](O)[C@H]1C#N. The van der Waals surface area contributed by atoms with Gasteiger partial charge < -0.3 is 9.84 Å². The van der Waals surface area contributed by atoms with Crippen molar-refractivity contribution in [3.63, 3.8) is 0 Å². The molecule has 1 amide bonds. The van der Waals surface area contributed by atoms with Crippen LogP contribution in [-0.2, 0) is 4.74 Å². The number of rotatable bonds is 0. The van der Waals surface area contributed by atoms with Crippen molar-refractivity contribution >= 4 is 6.09 Å². The highest BCUT2D eigenvalue weighted by atomic mass is 16.6. The van der Waals surface area contributed by atoms with E-state index < -0.39 is 23.8 Å². The van der Waals surface area contributed by atoms with E-state index in [0.29, 0.717) is 13.0 Å². The van der Waals surface area contributed by atoms with Gasteiger partial charge in [-0.3, -0.25) is 4.90 Å². The number of hydrogen-bond acceptors (Lipinski definition) is 4. The number of likely N-dealkylation sites (tertiary alicyclic amines) is 1. The quantitative estimate of drug-likeness (QED) is 0.647. The molecule has 1 N–H and O–H groups in total. The van der Waals surface area contributed by atoms with Crippen molar-refractivity contribution in [3.05, 3.63) is 0 Å². The molecule has 0 spiro atoms. The number of nitriles is 1. The Hall–Kier alpha value is -1.28. The molecule has 84 valence electrons. The number of hydrogen-bond donors (Lipinski definition) is 1. The van der Waals surface area contributed by atoms with Crippen LogP contribution in [0.4, 0.5) is 4.79 Å². The van der Waals surface area contributed by atoms with Crippen LogP contribution in [0.15, 0.2) is 0 Å². The number of carbonyl (C=O) groups is 1. The van der Waals surface area contributed by atoms with E-state index in [1.54, 1.807) is 20.8 Å². The maximum Gasteiger partial charge on any atom is 0.411 e. The third kappa shape index (κ3) is 2.83. The van der Waals surface area contributed by atoms with E-state index in [0.717, 1.165) is 0 Å². The van der Waals surface area contributed by atoms with Gasteiger partial charge in [-0.2, -0.15) is 5.26 Å². The number of aliphatic hydroxyl groups excluding tert-OH is 1. The van der Waals surface area contributed by atoms with E-state index in [1.807, 2.05) is 6.07 Å². The van der Waals surface area contributed by atoms with E-state index in [2.05, 4.69) is 0 Å². The van der Waals surface area contributed by atoms with E-state index in [1.165, 1.54) is 4.90 Å². The number of nitrogens with zero attached hydrogens (tertiary/aromatic N) is 2. The van der Waals surface area contributed by atoms with Crippen molar-refractivity contribution in [2.45, 2.75) is 44.9 Å². The fourth-order valence-corrected chi connectivity index (χ4v) is 1.46. The number of ether oxygens (including phenoxy) is 1. The molecule has 15 heavy (non-hydrogen) atoms. The maximum absolute atomic E-state index is 11.6. The van der Waals surface area contributed by atoms with Crippen molar-refractivity contribution in [2.24, 2.45) is 0 Å². The lowest BCUT2D eigenvalue weighted by atomic mass is 10.2. The second-order valence-corrected chi connectivity index (χ2v) is 4.60. The first-order valence-electron chi connectivity index (χ1n) is 4.92. The van der Waals surface area contributed by atoms with Crippen LogP contribution in [0.3, 0.4) is 0 Å². The Morgan fingerprint density at radius 2 is 2.20 bits per heavy atom. The summed E-state index contributed by atoms with van der Waals surface area (Å²) in [5.74, 6) is 0. The van der Waals surface area contributed by atoms with Crippen LogP contribution in [-0.4, -0.2) is 40.4 Å². The Morgan fingerprint density at radius 3 is 2.67 bits per heavy atom. The fraction of sp³-hybridized carbons (Fsp3) is 0.800. The van der Waals surface area contributed by atoms with Gasteiger partial charge >= 0.3 is 6.09 Å². The van der Waals surface area contributed by atoms with Crippen molar-refractivity contribution in [1.29, 1.82) is 5.26 Å². The third-order valence-electron chi connectivity index (χ3n) is 2.13. The number of amides is 1. The lowest BCUT2D eigenvalue weighted by Crippen LogP contribution is -2.41. The minimum absolute atomic E-state index is 0.369. The molecule has 0 aromatic carbocycles. The molecule has 5 nitrogen and oxygen atoms in total. The first-order chi connectivity index (χ1) is 6.85. The van der Waals surface area contributed by atoms with E-state index in [-0.39, 0.29) is 0 Å². The Bertz CT molecular complexity index is 290. The van der Waals surface area contributed by atoms with Crippen molar-refractivity contribution in [3.8, 4) is 6.07 Å². The molecule has 2 atom stereocenters. The molecule has 0 saturated carbocycles. The summed E-state index contributed by atoms with van der Waals surface area (Å²) in [4.78, 5) is 12.9. The fourth-order valence-electron chi connectivity index (χ4n) is 1.46. The molecule has 1 heterocycles. The van der Waals surface area contributed by atoms with Crippen LogP contribution >= 0.6 is 0 Å². The molecule has 1 saturated heterocycles. The summed E-state index contributed by atoms with van der Waals surface area (Å²) in [5, 5.41) is 18.2. The van der Waals surface area contributed by atoms with Crippen LogP contribution in [0.5, 0.6) is 0 Å². The lowest BCUT2D eigenvalue weighted by molar-refractivity contribution is 0.0214. The van der Waals surface area contributed by atoms with Gasteiger partial charge in [0, 0.05) is 6.54 Å². The predicted octanol–water partition coefficient (Wildman–Crippen LogP) is 0.880. The molecule has 0 aromatic heterocycles. The maximum atomic E-state index is 11.6. The summed E-state index contributed by atoms with van der Waals surface area (Å²) >= 11 is 0. The van der Waals surface area contributed by atoms with Gasteiger partial charge in [0.2, 0.25) is 0 Å². The molecule has 0 aromatic rings. The first-order valence-corrected chi connectivity index (χ1v) is 4.92. The van der Waals surface area contributed by atoms with Gasteiger partial charge in [0.25, 0.3) is 0 Å². The minimum atomic E-state index is -0.778. The average Bonchev–Trinajstić information content (AvgIpc) is 2.43. The zero-order chi connectivity index (χ0) is 11.6. The number of aliphatic hydroxyl groups is 1. The topological polar surface area (TPSA) is 73.6 Å². The summed E-state index contributed by atoms with van der Waals surface area (Å²) in [7, 11) is 0. The highest BCUT2D eigenvalue weighted by Gasteiger charge is 2.38. The molecule has 5 heteroatoms. The van der Waals surface area contributed by atoms with Crippen LogP contribution in [0.25, 0.3) is 0 Å².